The van der Waals surface area contributed by atoms with Gasteiger partial charge in [-0.1, -0.05) is 26.0 Å². The molecule has 4 aliphatic rings. The maximum absolute atomic E-state index is 12.3. The molecule has 0 amide bonds. The van der Waals surface area contributed by atoms with E-state index in [0.29, 0.717) is 30.0 Å². The molecule has 0 unspecified atom stereocenters. The maximum Gasteiger partial charge on any atom is 0.156 e. The lowest BCUT2D eigenvalue weighted by molar-refractivity contribution is -0.130. The van der Waals surface area contributed by atoms with Gasteiger partial charge in [-0.3, -0.25) is 9.59 Å². The van der Waals surface area contributed by atoms with E-state index in [9.17, 15) is 9.59 Å². The number of rotatable bonds is 0. The van der Waals surface area contributed by atoms with Gasteiger partial charge in [0.15, 0.2) is 5.78 Å². The minimum absolute atomic E-state index is 0.0758. The SMILES string of the molecule is C[C@]12CCC(=O)C=C1C=C[C@H]1[C@H]2CC[C@]2(C)C(=O)CC[C@H]12. The highest BCUT2D eigenvalue weighted by molar-refractivity contribution is 5.92. The quantitative estimate of drug-likeness (QED) is 0.677. The van der Waals surface area contributed by atoms with Crippen molar-refractivity contribution in [2.75, 3.05) is 0 Å². The average molecular weight is 284 g/mol. The lowest BCUT2D eigenvalue weighted by Gasteiger charge is -2.54. The van der Waals surface area contributed by atoms with Crippen LogP contribution >= 0.6 is 0 Å². The average Bonchev–Trinajstić information content (AvgIpc) is 2.76. The summed E-state index contributed by atoms with van der Waals surface area (Å²) in [5.41, 5.74) is 1.32. The van der Waals surface area contributed by atoms with E-state index < -0.39 is 0 Å². The molecule has 0 spiro atoms. The van der Waals surface area contributed by atoms with Crippen LogP contribution in [-0.2, 0) is 9.59 Å². The van der Waals surface area contributed by atoms with Crippen molar-refractivity contribution in [3.8, 4) is 0 Å². The molecule has 0 aromatic heterocycles. The number of hydrogen-bond acceptors (Lipinski definition) is 2. The lowest BCUT2D eigenvalue weighted by atomic mass is 9.49. The molecule has 21 heavy (non-hydrogen) atoms. The third-order valence-electron chi connectivity index (χ3n) is 7.22. The van der Waals surface area contributed by atoms with E-state index in [4.69, 9.17) is 0 Å². The maximum atomic E-state index is 12.3. The van der Waals surface area contributed by atoms with Crippen molar-refractivity contribution in [3.63, 3.8) is 0 Å². The molecule has 0 bridgehead atoms. The van der Waals surface area contributed by atoms with Crippen LogP contribution in [0.1, 0.15) is 52.4 Å². The van der Waals surface area contributed by atoms with E-state index in [1.54, 1.807) is 0 Å². The van der Waals surface area contributed by atoms with Gasteiger partial charge in [-0.05, 0) is 60.5 Å². The van der Waals surface area contributed by atoms with E-state index in [2.05, 4.69) is 26.0 Å². The van der Waals surface area contributed by atoms with Gasteiger partial charge in [0, 0.05) is 18.3 Å². The normalized spacial score (nSPS) is 48.5. The summed E-state index contributed by atoms with van der Waals surface area (Å²) in [6.07, 6.45) is 12.1. The van der Waals surface area contributed by atoms with Crippen molar-refractivity contribution < 1.29 is 9.59 Å². The topological polar surface area (TPSA) is 34.1 Å². The van der Waals surface area contributed by atoms with Crippen molar-refractivity contribution in [1.29, 1.82) is 0 Å². The van der Waals surface area contributed by atoms with Crippen molar-refractivity contribution in [3.05, 3.63) is 23.8 Å². The Kier molecular flexibility index (Phi) is 2.68. The Labute approximate surface area is 126 Å². The molecular formula is C19H24O2. The highest BCUT2D eigenvalue weighted by atomic mass is 16.1. The van der Waals surface area contributed by atoms with Crippen molar-refractivity contribution in [2.45, 2.75) is 52.4 Å². The summed E-state index contributed by atoms with van der Waals surface area (Å²) in [6.45, 7) is 4.56. The van der Waals surface area contributed by atoms with Crippen LogP contribution < -0.4 is 0 Å². The minimum atomic E-state index is -0.0758. The van der Waals surface area contributed by atoms with E-state index in [1.807, 2.05) is 6.08 Å². The van der Waals surface area contributed by atoms with Gasteiger partial charge in [0.2, 0.25) is 0 Å². The zero-order chi connectivity index (χ0) is 14.8. The van der Waals surface area contributed by atoms with Gasteiger partial charge in [0.25, 0.3) is 0 Å². The standard InChI is InChI=1S/C19H24O2/c1-18-9-7-13(20)11-12(18)3-4-14-15-5-6-17(21)19(15,2)10-8-16(14)18/h3-4,11,14-16H,5-10H2,1-2H3/t14-,15-,16-,18+,19+/m1/s1. The molecule has 2 heteroatoms. The number of hydrogen-bond donors (Lipinski definition) is 0. The number of Topliss-reactive ketones (excluding diaryl/α,β-unsaturated/α-hetero) is 1. The van der Waals surface area contributed by atoms with E-state index in [0.717, 1.165) is 32.1 Å². The van der Waals surface area contributed by atoms with E-state index >= 15 is 0 Å². The highest BCUT2D eigenvalue weighted by Gasteiger charge is 2.57. The van der Waals surface area contributed by atoms with Gasteiger partial charge in [0.1, 0.15) is 5.78 Å². The smallest absolute Gasteiger partial charge is 0.156 e. The summed E-state index contributed by atoms with van der Waals surface area (Å²) in [5.74, 6) is 2.44. The third kappa shape index (κ3) is 1.65. The first-order valence-corrected chi connectivity index (χ1v) is 8.42. The van der Waals surface area contributed by atoms with Gasteiger partial charge in [0.05, 0.1) is 0 Å². The fourth-order valence-electron chi connectivity index (χ4n) is 5.77. The van der Waals surface area contributed by atoms with Crippen molar-refractivity contribution >= 4 is 11.6 Å². The van der Waals surface area contributed by atoms with Crippen LogP contribution in [-0.4, -0.2) is 11.6 Å². The largest absolute Gasteiger partial charge is 0.299 e. The van der Waals surface area contributed by atoms with Gasteiger partial charge >= 0.3 is 0 Å². The summed E-state index contributed by atoms with van der Waals surface area (Å²) >= 11 is 0. The van der Waals surface area contributed by atoms with Gasteiger partial charge in [-0.25, -0.2) is 0 Å². The fraction of sp³-hybridized carbons (Fsp3) is 0.684. The predicted octanol–water partition coefficient (Wildman–Crippen LogP) is 3.86. The molecule has 0 aromatic rings. The molecule has 2 nitrogen and oxygen atoms in total. The van der Waals surface area contributed by atoms with Crippen LogP contribution in [0.3, 0.4) is 0 Å². The molecule has 0 N–H and O–H groups in total. The Morgan fingerprint density at radius 3 is 2.57 bits per heavy atom. The van der Waals surface area contributed by atoms with Gasteiger partial charge in [-0.15, -0.1) is 0 Å². The summed E-state index contributed by atoms with van der Waals surface area (Å²) in [5, 5.41) is 0. The highest BCUT2D eigenvalue weighted by Crippen LogP contribution is 2.62. The monoisotopic (exact) mass is 284 g/mol. The number of fused-ring (bicyclic) bond motifs is 5. The molecule has 0 radical (unpaired) electrons. The Morgan fingerprint density at radius 2 is 1.76 bits per heavy atom. The van der Waals surface area contributed by atoms with Crippen LogP contribution in [0.2, 0.25) is 0 Å². The van der Waals surface area contributed by atoms with E-state index in [-0.39, 0.29) is 16.6 Å². The van der Waals surface area contributed by atoms with Gasteiger partial charge in [-0.2, -0.15) is 0 Å². The second-order valence-corrected chi connectivity index (χ2v) is 8.05. The summed E-state index contributed by atoms with van der Waals surface area (Å²) in [7, 11) is 0. The lowest BCUT2D eigenvalue weighted by Crippen LogP contribution is -2.49. The Hall–Kier alpha value is -1.18. The van der Waals surface area contributed by atoms with Crippen molar-refractivity contribution in [2.24, 2.45) is 28.6 Å². The molecule has 0 aliphatic heterocycles. The molecule has 5 atom stereocenters. The molecule has 112 valence electrons. The Balaban J connectivity index is 1.77. The zero-order valence-electron chi connectivity index (χ0n) is 13.0. The summed E-state index contributed by atoms with van der Waals surface area (Å²) < 4.78 is 0. The Bertz CT molecular complexity index is 584. The number of carbonyl (C=O) groups is 2. The molecule has 0 heterocycles. The first kappa shape index (κ1) is 13.5. The first-order chi connectivity index (χ1) is 9.95. The summed E-state index contributed by atoms with van der Waals surface area (Å²) in [6, 6.07) is 0. The number of carbonyl (C=O) groups excluding carboxylic acids is 2. The third-order valence-corrected chi connectivity index (χ3v) is 7.22. The molecule has 2 fully saturated rings. The summed E-state index contributed by atoms with van der Waals surface area (Å²) in [4.78, 5) is 24.1. The van der Waals surface area contributed by atoms with Crippen LogP contribution in [0.5, 0.6) is 0 Å². The predicted molar refractivity (Wildman–Crippen MR) is 81.6 cm³/mol. The molecule has 2 saturated carbocycles. The molecule has 4 rings (SSSR count). The second-order valence-electron chi connectivity index (χ2n) is 8.05. The minimum Gasteiger partial charge on any atom is -0.299 e. The number of ketones is 2. The van der Waals surface area contributed by atoms with Crippen molar-refractivity contribution in [1.82, 2.24) is 0 Å². The fourth-order valence-corrected chi connectivity index (χ4v) is 5.77. The van der Waals surface area contributed by atoms with Crippen LogP contribution in [0.15, 0.2) is 23.8 Å². The zero-order valence-corrected chi connectivity index (χ0v) is 13.0. The second kappa shape index (κ2) is 4.18. The Morgan fingerprint density at radius 1 is 1.00 bits per heavy atom. The van der Waals surface area contributed by atoms with E-state index in [1.165, 1.54) is 5.57 Å². The van der Waals surface area contributed by atoms with Crippen LogP contribution in [0.25, 0.3) is 0 Å². The van der Waals surface area contributed by atoms with Gasteiger partial charge < -0.3 is 0 Å². The van der Waals surface area contributed by atoms with Crippen LogP contribution in [0, 0.1) is 28.6 Å². The molecule has 4 aliphatic carbocycles. The molecular weight excluding hydrogens is 260 g/mol. The molecule has 0 aromatic carbocycles. The van der Waals surface area contributed by atoms with Crippen LogP contribution in [0.4, 0.5) is 0 Å². The first-order valence-electron chi connectivity index (χ1n) is 8.42. The number of allylic oxidation sites excluding steroid dienone is 4. The molecule has 0 saturated heterocycles.